The number of alkyl carbamates (subject to hydrolysis) is 1. The van der Waals surface area contributed by atoms with E-state index in [-0.39, 0.29) is 13.2 Å². The van der Waals surface area contributed by atoms with Gasteiger partial charge >= 0.3 is 6.09 Å². The van der Waals surface area contributed by atoms with Crippen LogP contribution in [0, 0.1) is 0 Å². The van der Waals surface area contributed by atoms with Gasteiger partial charge in [-0.2, -0.15) is 0 Å². The van der Waals surface area contributed by atoms with E-state index in [2.05, 4.69) is 18.5 Å². The molecule has 0 aliphatic heterocycles. The number of benzene rings is 1. The third-order valence-electron chi connectivity index (χ3n) is 2.65. The second kappa shape index (κ2) is 9.61. The van der Waals surface area contributed by atoms with Gasteiger partial charge in [0, 0.05) is 0 Å². The third-order valence-corrected chi connectivity index (χ3v) is 2.65. The molecule has 0 unspecified atom stereocenters. The van der Waals surface area contributed by atoms with Crippen LogP contribution in [0.3, 0.4) is 0 Å². The Morgan fingerprint density at radius 2 is 1.90 bits per heavy atom. The molecule has 1 amide bonds. The minimum absolute atomic E-state index is 0.138. The molecule has 0 bridgehead atoms. The van der Waals surface area contributed by atoms with Gasteiger partial charge in [0.05, 0.1) is 12.6 Å². The molecule has 0 spiro atoms. The molecule has 1 aromatic carbocycles. The van der Waals surface area contributed by atoms with Crippen LogP contribution in [0.5, 0.6) is 5.75 Å². The van der Waals surface area contributed by atoms with E-state index in [1.54, 1.807) is 6.08 Å². The van der Waals surface area contributed by atoms with Crippen LogP contribution in [0.1, 0.15) is 5.56 Å². The van der Waals surface area contributed by atoms with Crippen LogP contribution in [-0.4, -0.2) is 37.1 Å². The van der Waals surface area contributed by atoms with E-state index in [0.717, 1.165) is 11.3 Å². The Labute approximate surface area is 124 Å². The van der Waals surface area contributed by atoms with E-state index < -0.39 is 12.1 Å². The number of hydrogen-bond donors (Lipinski definition) is 2. The highest BCUT2D eigenvalue weighted by atomic mass is 16.5. The van der Waals surface area contributed by atoms with Gasteiger partial charge in [-0.3, -0.25) is 0 Å². The SMILES string of the molecule is C=CCOC(=O)N[C@H](CO)Cc1ccc(OCC=C)cc1. The Balaban J connectivity index is 2.50. The summed E-state index contributed by atoms with van der Waals surface area (Å²) >= 11 is 0. The minimum Gasteiger partial charge on any atom is -0.490 e. The summed E-state index contributed by atoms with van der Waals surface area (Å²) in [4.78, 5) is 11.4. The number of ether oxygens (including phenoxy) is 2. The van der Waals surface area contributed by atoms with Crippen molar-refractivity contribution in [2.24, 2.45) is 0 Å². The van der Waals surface area contributed by atoms with E-state index >= 15 is 0 Å². The van der Waals surface area contributed by atoms with Crippen molar-refractivity contribution in [2.75, 3.05) is 19.8 Å². The maximum Gasteiger partial charge on any atom is 0.407 e. The smallest absolute Gasteiger partial charge is 0.407 e. The summed E-state index contributed by atoms with van der Waals surface area (Å²) in [5.74, 6) is 0.748. The number of amides is 1. The third kappa shape index (κ3) is 6.63. The van der Waals surface area contributed by atoms with Gasteiger partial charge < -0.3 is 19.9 Å². The molecule has 0 saturated carbocycles. The summed E-state index contributed by atoms with van der Waals surface area (Å²) in [6.07, 6.45) is 3.09. The predicted octanol–water partition coefficient (Wildman–Crippen LogP) is 2.07. The van der Waals surface area contributed by atoms with Crippen molar-refractivity contribution in [3.05, 3.63) is 55.1 Å². The number of hydrogen-bond acceptors (Lipinski definition) is 4. The van der Waals surface area contributed by atoms with Crippen LogP contribution in [0.15, 0.2) is 49.6 Å². The van der Waals surface area contributed by atoms with Gasteiger partial charge in [0.2, 0.25) is 0 Å². The molecular weight excluding hydrogens is 270 g/mol. The monoisotopic (exact) mass is 291 g/mol. The highest BCUT2D eigenvalue weighted by Gasteiger charge is 2.12. The van der Waals surface area contributed by atoms with E-state index in [9.17, 15) is 9.90 Å². The lowest BCUT2D eigenvalue weighted by Gasteiger charge is -2.16. The molecule has 2 N–H and O–H groups in total. The number of aliphatic hydroxyl groups excluding tert-OH is 1. The largest absolute Gasteiger partial charge is 0.490 e. The van der Waals surface area contributed by atoms with Crippen molar-refractivity contribution in [2.45, 2.75) is 12.5 Å². The van der Waals surface area contributed by atoms with Gasteiger partial charge in [0.15, 0.2) is 0 Å². The van der Waals surface area contributed by atoms with E-state index in [0.29, 0.717) is 13.0 Å². The summed E-state index contributed by atoms with van der Waals surface area (Å²) in [6.45, 7) is 7.46. The fourth-order valence-corrected chi connectivity index (χ4v) is 1.67. The molecule has 0 heterocycles. The molecular formula is C16H21NO4. The molecule has 1 aromatic rings. The van der Waals surface area contributed by atoms with Crippen LogP contribution < -0.4 is 10.1 Å². The Morgan fingerprint density at radius 1 is 1.24 bits per heavy atom. The van der Waals surface area contributed by atoms with Crippen molar-refractivity contribution >= 4 is 6.09 Å². The van der Waals surface area contributed by atoms with Gasteiger partial charge in [0.25, 0.3) is 0 Å². The summed E-state index contributed by atoms with van der Waals surface area (Å²) in [5, 5.41) is 11.9. The van der Waals surface area contributed by atoms with Gasteiger partial charge in [-0.05, 0) is 24.1 Å². The number of carbonyl (C=O) groups is 1. The Bertz CT molecular complexity index is 456. The van der Waals surface area contributed by atoms with E-state index in [1.165, 1.54) is 6.08 Å². The summed E-state index contributed by atoms with van der Waals surface area (Å²) in [5.41, 5.74) is 0.976. The predicted molar refractivity (Wildman–Crippen MR) is 81.4 cm³/mol. The first kappa shape index (κ1) is 16.8. The fourth-order valence-electron chi connectivity index (χ4n) is 1.67. The van der Waals surface area contributed by atoms with Crippen molar-refractivity contribution in [1.82, 2.24) is 5.32 Å². The Hall–Kier alpha value is -2.27. The molecule has 0 aromatic heterocycles. The number of rotatable bonds is 9. The summed E-state index contributed by atoms with van der Waals surface area (Å²) in [7, 11) is 0. The first-order valence-electron chi connectivity index (χ1n) is 6.67. The number of aliphatic hydroxyl groups is 1. The Morgan fingerprint density at radius 3 is 2.48 bits per heavy atom. The molecule has 0 aliphatic rings. The highest BCUT2D eigenvalue weighted by molar-refractivity contribution is 5.67. The van der Waals surface area contributed by atoms with E-state index in [1.807, 2.05) is 24.3 Å². The topological polar surface area (TPSA) is 67.8 Å². The van der Waals surface area contributed by atoms with Crippen LogP contribution in [0.2, 0.25) is 0 Å². The normalized spacial score (nSPS) is 11.3. The lowest BCUT2D eigenvalue weighted by Crippen LogP contribution is -2.39. The molecule has 0 radical (unpaired) electrons. The van der Waals surface area contributed by atoms with Crippen LogP contribution in [-0.2, 0) is 11.2 Å². The van der Waals surface area contributed by atoms with Crippen LogP contribution >= 0.6 is 0 Å². The molecule has 0 aliphatic carbocycles. The lowest BCUT2D eigenvalue weighted by molar-refractivity contribution is 0.146. The average molecular weight is 291 g/mol. The number of nitrogens with one attached hydrogen (secondary N) is 1. The van der Waals surface area contributed by atoms with Crippen LogP contribution in [0.4, 0.5) is 4.79 Å². The maximum atomic E-state index is 11.4. The maximum absolute atomic E-state index is 11.4. The highest BCUT2D eigenvalue weighted by Crippen LogP contribution is 2.13. The second-order valence-corrected chi connectivity index (χ2v) is 4.36. The zero-order chi connectivity index (χ0) is 15.5. The van der Waals surface area contributed by atoms with Gasteiger partial charge in [-0.15, -0.1) is 0 Å². The standard InChI is InChI=1S/C16H21NO4/c1-3-9-20-15-7-5-13(6-8-15)11-14(12-18)17-16(19)21-10-4-2/h3-8,14,18H,1-2,9-12H2,(H,17,19)/t14-/m0/s1. The molecule has 114 valence electrons. The van der Waals surface area contributed by atoms with Crippen molar-refractivity contribution in [3.8, 4) is 5.75 Å². The molecule has 5 nitrogen and oxygen atoms in total. The number of carbonyl (C=O) groups excluding carboxylic acids is 1. The quantitative estimate of drug-likeness (QED) is 0.683. The van der Waals surface area contributed by atoms with Crippen molar-refractivity contribution in [1.29, 1.82) is 0 Å². The van der Waals surface area contributed by atoms with Crippen LogP contribution in [0.25, 0.3) is 0 Å². The first-order chi connectivity index (χ1) is 10.2. The zero-order valence-electron chi connectivity index (χ0n) is 12.0. The molecule has 0 saturated heterocycles. The molecule has 1 atom stereocenters. The minimum atomic E-state index is -0.570. The first-order valence-corrected chi connectivity index (χ1v) is 6.67. The summed E-state index contributed by atoms with van der Waals surface area (Å²) < 4.78 is 10.2. The molecule has 5 heteroatoms. The van der Waals surface area contributed by atoms with Gasteiger partial charge in [-0.1, -0.05) is 37.4 Å². The fraction of sp³-hybridized carbons (Fsp3) is 0.312. The van der Waals surface area contributed by atoms with E-state index in [4.69, 9.17) is 9.47 Å². The molecule has 1 rings (SSSR count). The van der Waals surface area contributed by atoms with Gasteiger partial charge in [0.1, 0.15) is 19.0 Å². The summed E-state index contributed by atoms with van der Waals surface area (Å²) in [6, 6.07) is 7.05. The van der Waals surface area contributed by atoms with Crippen molar-refractivity contribution < 1.29 is 19.4 Å². The molecule has 21 heavy (non-hydrogen) atoms. The second-order valence-electron chi connectivity index (χ2n) is 4.36. The Kier molecular flexibility index (Phi) is 7.68. The molecule has 0 fully saturated rings. The average Bonchev–Trinajstić information content (AvgIpc) is 2.51. The zero-order valence-corrected chi connectivity index (χ0v) is 12.0. The van der Waals surface area contributed by atoms with Crippen molar-refractivity contribution in [3.63, 3.8) is 0 Å². The van der Waals surface area contributed by atoms with Gasteiger partial charge in [-0.25, -0.2) is 4.79 Å². The lowest BCUT2D eigenvalue weighted by atomic mass is 10.1.